The molecule has 22 heavy (non-hydrogen) atoms. The molecule has 0 atom stereocenters. The highest BCUT2D eigenvalue weighted by atomic mass is 19.1. The molecule has 0 saturated carbocycles. The normalized spacial score (nSPS) is 10.4. The molecule has 0 aliphatic rings. The fourth-order valence-electron chi connectivity index (χ4n) is 2.09. The van der Waals surface area contributed by atoms with Crippen LogP contribution >= 0.6 is 0 Å². The molecule has 1 amide bonds. The van der Waals surface area contributed by atoms with Crippen molar-refractivity contribution < 1.29 is 18.3 Å². The van der Waals surface area contributed by atoms with Gasteiger partial charge in [0.15, 0.2) is 11.6 Å². The first kappa shape index (κ1) is 15.9. The molecule has 0 aliphatic carbocycles. The number of ether oxygens (including phenoxy) is 1. The van der Waals surface area contributed by atoms with Crippen molar-refractivity contribution in [3.05, 3.63) is 64.7 Å². The van der Waals surface area contributed by atoms with Crippen molar-refractivity contribution in [3.8, 4) is 5.75 Å². The Balaban J connectivity index is 1.92. The van der Waals surface area contributed by atoms with Gasteiger partial charge in [0.2, 0.25) is 5.91 Å². The maximum absolute atomic E-state index is 13.5. The molecule has 0 aromatic heterocycles. The first-order chi connectivity index (χ1) is 10.5. The van der Waals surface area contributed by atoms with Gasteiger partial charge in [-0.05, 0) is 41.8 Å². The van der Waals surface area contributed by atoms with E-state index in [0.29, 0.717) is 17.7 Å². The van der Waals surface area contributed by atoms with Gasteiger partial charge in [-0.25, -0.2) is 8.78 Å². The Kier molecular flexibility index (Phi) is 5.09. The number of hydrogen-bond acceptors (Lipinski definition) is 2. The minimum absolute atomic E-state index is 0.0705. The number of rotatable bonds is 5. The number of nitrogens with one attached hydrogen (secondary N) is 1. The minimum Gasteiger partial charge on any atom is -0.494 e. The monoisotopic (exact) mass is 305 g/mol. The minimum atomic E-state index is -0.498. The van der Waals surface area contributed by atoms with Crippen LogP contribution in [0.3, 0.4) is 0 Å². The van der Waals surface area contributed by atoms with Gasteiger partial charge in [0, 0.05) is 6.54 Å². The molecule has 3 nitrogen and oxygen atoms in total. The summed E-state index contributed by atoms with van der Waals surface area (Å²) in [5, 5.41) is 2.73. The zero-order chi connectivity index (χ0) is 16.1. The molecule has 116 valence electrons. The SMILES string of the molecule is COc1ccc(CC(=O)NCc2ccc(F)c(C)c2)cc1F. The Bertz CT molecular complexity index is 686. The molecule has 0 radical (unpaired) electrons. The molecule has 5 heteroatoms. The van der Waals surface area contributed by atoms with Crippen molar-refractivity contribution >= 4 is 5.91 Å². The van der Waals surface area contributed by atoms with E-state index in [1.807, 2.05) is 0 Å². The molecule has 0 bridgehead atoms. The third-order valence-corrected chi connectivity index (χ3v) is 3.29. The molecule has 2 aromatic rings. The van der Waals surface area contributed by atoms with Crippen LogP contribution in [-0.4, -0.2) is 13.0 Å². The third-order valence-electron chi connectivity index (χ3n) is 3.29. The standard InChI is InChI=1S/C17H17F2NO2/c1-11-7-13(3-5-14(11)18)10-20-17(21)9-12-4-6-16(22-2)15(19)8-12/h3-8H,9-10H2,1-2H3,(H,20,21). The summed E-state index contributed by atoms with van der Waals surface area (Å²) in [7, 11) is 1.38. The van der Waals surface area contributed by atoms with Crippen molar-refractivity contribution in [2.75, 3.05) is 7.11 Å². The van der Waals surface area contributed by atoms with E-state index in [2.05, 4.69) is 5.32 Å². The number of carbonyl (C=O) groups excluding carboxylic acids is 1. The predicted octanol–water partition coefficient (Wildman–Crippen LogP) is 3.14. The Hall–Kier alpha value is -2.43. The lowest BCUT2D eigenvalue weighted by Crippen LogP contribution is -2.24. The molecule has 0 unspecified atom stereocenters. The van der Waals surface area contributed by atoms with Crippen LogP contribution < -0.4 is 10.1 Å². The second-order valence-electron chi connectivity index (χ2n) is 5.01. The average Bonchev–Trinajstić information content (AvgIpc) is 2.49. The summed E-state index contributed by atoms with van der Waals surface area (Å²) in [4.78, 5) is 11.9. The number of benzene rings is 2. The van der Waals surface area contributed by atoms with Crippen molar-refractivity contribution in [3.63, 3.8) is 0 Å². The van der Waals surface area contributed by atoms with E-state index in [4.69, 9.17) is 4.74 Å². The highest BCUT2D eigenvalue weighted by Gasteiger charge is 2.08. The van der Waals surface area contributed by atoms with Crippen LogP contribution in [0, 0.1) is 18.6 Å². The van der Waals surface area contributed by atoms with E-state index in [-0.39, 0.29) is 23.9 Å². The van der Waals surface area contributed by atoms with Gasteiger partial charge in [0.05, 0.1) is 13.5 Å². The van der Waals surface area contributed by atoms with E-state index >= 15 is 0 Å². The lowest BCUT2D eigenvalue weighted by molar-refractivity contribution is -0.120. The fourth-order valence-corrected chi connectivity index (χ4v) is 2.09. The molecule has 0 spiro atoms. The second-order valence-corrected chi connectivity index (χ2v) is 5.01. The molecule has 0 heterocycles. The van der Waals surface area contributed by atoms with Gasteiger partial charge in [-0.1, -0.05) is 18.2 Å². The van der Waals surface area contributed by atoms with Crippen LogP contribution in [0.5, 0.6) is 5.75 Å². The average molecular weight is 305 g/mol. The summed E-state index contributed by atoms with van der Waals surface area (Å²) < 4.78 is 31.5. The van der Waals surface area contributed by atoms with E-state index in [1.165, 1.54) is 25.3 Å². The predicted molar refractivity (Wildman–Crippen MR) is 79.6 cm³/mol. The number of methoxy groups -OCH3 is 1. The van der Waals surface area contributed by atoms with Crippen LogP contribution in [0.2, 0.25) is 0 Å². The van der Waals surface area contributed by atoms with E-state index < -0.39 is 5.82 Å². The van der Waals surface area contributed by atoms with Gasteiger partial charge >= 0.3 is 0 Å². The number of amides is 1. The van der Waals surface area contributed by atoms with Crippen LogP contribution in [0.25, 0.3) is 0 Å². The Morgan fingerprint density at radius 1 is 1.09 bits per heavy atom. The zero-order valence-corrected chi connectivity index (χ0v) is 12.5. The summed E-state index contributed by atoms with van der Waals surface area (Å²) in [5.74, 6) is -0.858. The molecule has 2 rings (SSSR count). The molecule has 0 fully saturated rings. The smallest absolute Gasteiger partial charge is 0.224 e. The van der Waals surface area contributed by atoms with Gasteiger partial charge in [-0.3, -0.25) is 4.79 Å². The largest absolute Gasteiger partial charge is 0.494 e. The molecule has 0 saturated heterocycles. The molecule has 1 N–H and O–H groups in total. The highest BCUT2D eigenvalue weighted by molar-refractivity contribution is 5.78. The summed E-state index contributed by atoms with van der Waals surface area (Å²) >= 11 is 0. The summed E-state index contributed by atoms with van der Waals surface area (Å²) in [6, 6.07) is 9.08. The molecule has 2 aromatic carbocycles. The fraction of sp³-hybridized carbons (Fsp3) is 0.235. The maximum Gasteiger partial charge on any atom is 0.224 e. The number of aryl methyl sites for hydroxylation is 1. The topological polar surface area (TPSA) is 38.3 Å². The van der Waals surface area contributed by atoms with Gasteiger partial charge in [-0.15, -0.1) is 0 Å². The van der Waals surface area contributed by atoms with E-state index in [0.717, 1.165) is 5.56 Å². The van der Waals surface area contributed by atoms with Crippen LogP contribution in [0.4, 0.5) is 8.78 Å². The molecule has 0 aliphatic heterocycles. The van der Waals surface area contributed by atoms with Crippen LogP contribution in [0.1, 0.15) is 16.7 Å². The van der Waals surface area contributed by atoms with E-state index in [9.17, 15) is 13.6 Å². The Morgan fingerprint density at radius 2 is 1.82 bits per heavy atom. The van der Waals surface area contributed by atoms with E-state index in [1.54, 1.807) is 25.1 Å². The highest BCUT2D eigenvalue weighted by Crippen LogP contribution is 2.18. The quantitative estimate of drug-likeness (QED) is 0.921. The molecular formula is C17H17F2NO2. The van der Waals surface area contributed by atoms with Crippen LogP contribution in [-0.2, 0) is 17.8 Å². The summed E-state index contributed by atoms with van der Waals surface area (Å²) in [6.45, 7) is 1.97. The lowest BCUT2D eigenvalue weighted by Gasteiger charge is -2.08. The number of halogens is 2. The summed E-state index contributed by atoms with van der Waals surface area (Å²) in [5.41, 5.74) is 1.91. The first-order valence-electron chi connectivity index (χ1n) is 6.83. The van der Waals surface area contributed by atoms with Crippen molar-refractivity contribution in [1.29, 1.82) is 0 Å². The second kappa shape index (κ2) is 7.02. The van der Waals surface area contributed by atoms with Crippen LogP contribution in [0.15, 0.2) is 36.4 Å². The van der Waals surface area contributed by atoms with Crippen molar-refractivity contribution in [2.45, 2.75) is 19.9 Å². The van der Waals surface area contributed by atoms with Gasteiger partial charge < -0.3 is 10.1 Å². The Labute approximate surface area is 127 Å². The zero-order valence-electron chi connectivity index (χ0n) is 12.5. The van der Waals surface area contributed by atoms with Gasteiger partial charge in [0.1, 0.15) is 5.82 Å². The van der Waals surface area contributed by atoms with Gasteiger partial charge in [-0.2, -0.15) is 0 Å². The van der Waals surface area contributed by atoms with Crippen molar-refractivity contribution in [1.82, 2.24) is 5.32 Å². The third kappa shape index (κ3) is 4.04. The molecular weight excluding hydrogens is 288 g/mol. The first-order valence-corrected chi connectivity index (χ1v) is 6.83. The maximum atomic E-state index is 13.5. The summed E-state index contributed by atoms with van der Waals surface area (Å²) in [6.07, 6.45) is 0.0705. The number of carbonyl (C=O) groups is 1. The Morgan fingerprint density at radius 3 is 2.45 bits per heavy atom. The lowest BCUT2D eigenvalue weighted by atomic mass is 10.1. The van der Waals surface area contributed by atoms with Crippen molar-refractivity contribution in [2.24, 2.45) is 0 Å². The number of hydrogen-bond donors (Lipinski definition) is 1. The van der Waals surface area contributed by atoms with Gasteiger partial charge in [0.25, 0.3) is 0 Å².